The second-order valence-corrected chi connectivity index (χ2v) is 5.62. The Morgan fingerprint density at radius 3 is 2.48 bits per heavy atom. The summed E-state index contributed by atoms with van der Waals surface area (Å²) in [6.45, 7) is 1.36. The van der Waals surface area contributed by atoms with E-state index in [1.165, 1.54) is 0 Å². The number of benzene rings is 1. The quantitative estimate of drug-likeness (QED) is 0.720. The second kappa shape index (κ2) is 5.75. The highest BCUT2D eigenvalue weighted by Crippen LogP contribution is 2.21. The van der Waals surface area contributed by atoms with Gasteiger partial charge >= 0.3 is 0 Å². The van der Waals surface area contributed by atoms with Crippen molar-refractivity contribution < 1.29 is 4.79 Å². The number of hydrogen-bond donors (Lipinski definition) is 0. The molecule has 0 N–H and O–H groups in total. The molecule has 1 aromatic carbocycles. The highest BCUT2D eigenvalue weighted by Gasteiger charge is 2.26. The molecule has 1 amide bonds. The van der Waals surface area contributed by atoms with Gasteiger partial charge in [0.2, 0.25) is 0 Å². The topological polar surface area (TPSA) is 76.8 Å². The van der Waals surface area contributed by atoms with Crippen LogP contribution in [0.3, 0.4) is 0 Å². The van der Waals surface area contributed by atoms with Crippen molar-refractivity contribution in [3.63, 3.8) is 0 Å². The maximum absolute atomic E-state index is 12.6. The van der Waals surface area contributed by atoms with E-state index in [9.17, 15) is 4.79 Å². The summed E-state index contributed by atoms with van der Waals surface area (Å²) in [4.78, 5) is 24.9. The fraction of sp³-hybridized carbons (Fsp3) is 0.312. The summed E-state index contributed by atoms with van der Waals surface area (Å²) in [5.41, 5.74) is 1.95. The maximum atomic E-state index is 12.6. The normalized spacial score (nSPS) is 15.9. The van der Waals surface area contributed by atoms with Crippen LogP contribution in [0.4, 0.5) is 0 Å². The van der Waals surface area contributed by atoms with E-state index in [2.05, 4.69) is 20.2 Å². The number of carbonyl (C=O) groups excluding carboxylic acids is 1. The van der Waals surface area contributed by atoms with E-state index < -0.39 is 0 Å². The summed E-state index contributed by atoms with van der Waals surface area (Å²) in [6.07, 6.45) is 6.62. The summed E-state index contributed by atoms with van der Waals surface area (Å²) in [7, 11) is 0. The number of amides is 1. The van der Waals surface area contributed by atoms with Crippen LogP contribution >= 0.6 is 0 Å². The summed E-state index contributed by atoms with van der Waals surface area (Å²) < 4.78 is 0. The summed E-state index contributed by atoms with van der Waals surface area (Å²) in [5, 5.41) is 8.36. The van der Waals surface area contributed by atoms with Gasteiger partial charge in [-0.05, 0) is 25.0 Å². The van der Waals surface area contributed by atoms with Crippen molar-refractivity contribution in [3.05, 3.63) is 48.5 Å². The zero-order chi connectivity index (χ0) is 15.6. The minimum absolute atomic E-state index is 0.0601. The molecular weight excluding hydrogens is 292 g/mol. The highest BCUT2D eigenvalue weighted by atomic mass is 16.2. The molecule has 0 unspecified atom stereocenters. The van der Waals surface area contributed by atoms with Crippen molar-refractivity contribution in [2.45, 2.75) is 18.9 Å². The predicted molar refractivity (Wildman–Crippen MR) is 83.7 cm³/mol. The fourth-order valence-corrected chi connectivity index (χ4v) is 2.94. The maximum Gasteiger partial charge on any atom is 0.274 e. The van der Waals surface area contributed by atoms with Crippen LogP contribution in [0.5, 0.6) is 0 Å². The molecule has 116 valence electrons. The van der Waals surface area contributed by atoms with Crippen LogP contribution < -0.4 is 0 Å². The first kappa shape index (κ1) is 13.8. The number of para-hydroxylation sites is 2. The Bertz CT molecular complexity index is 823. The van der Waals surface area contributed by atoms with Crippen LogP contribution in [0.2, 0.25) is 0 Å². The average molecular weight is 308 g/mol. The van der Waals surface area contributed by atoms with Gasteiger partial charge in [-0.2, -0.15) is 15.0 Å². The first-order valence-corrected chi connectivity index (χ1v) is 7.68. The molecule has 23 heavy (non-hydrogen) atoms. The molecule has 0 spiro atoms. The lowest BCUT2D eigenvalue weighted by Crippen LogP contribution is -2.39. The van der Waals surface area contributed by atoms with E-state index in [0.29, 0.717) is 18.8 Å². The monoisotopic (exact) mass is 308 g/mol. The van der Waals surface area contributed by atoms with Gasteiger partial charge < -0.3 is 4.90 Å². The van der Waals surface area contributed by atoms with Crippen molar-refractivity contribution in [2.24, 2.45) is 0 Å². The Kier molecular flexibility index (Phi) is 3.45. The third-order valence-corrected chi connectivity index (χ3v) is 4.18. The number of aromatic nitrogens is 5. The van der Waals surface area contributed by atoms with Gasteiger partial charge in [-0.15, -0.1) is 0 Å². The van der Waals surface area contributed by atoms with E-state index in [0.717, 1.165) is 23.9 Å². The molecule has 1 aliphatic rings. The molecule has 0 radical (unpaired) electrons. The molecule has 1 saturated heterocycles. The number of hydrogen-bond acceptors (Lipinski definition) is 5. The van der Waals surface area contributed by atoms with Gasteiger partial charge in [-0.25, -0.2) is 4.98 Å². The Balaban J connectivity index is 1.48. The lowest BCUT2D eigenvalue weighted by Gasteiger charge is -2.31. The third kappa shape index (κ3) is 2.65. The summed E-state index contributed by atoms with van der Waals surface area (Å²) >= 11 is 0. The van der Waals surface area contributed by atoms with E-state index >= 15 is 0 Å². The Hall–Kier alpha value is -2.83. The minimum atomic E-state index is -0.0601. The van der Waals surface area contributed by atoms with Gasteiger partial charge in [-0.1, -0.05) is 12.1 Å². The molecule has 0 bridgehead atoms. The fourth-order valence-electron chi connectivity index (χ4n) is 2.94. The minimum Gasteiger partial charge on any atom is -0.337 e. The molecule has 4 rings (SSSR count). The molecule has 0 atom stereocenters. The van der Waals surface area contributed by atoms with E-state index in [-0.39, 0.29) is 11.9 Å². The lowest BCUT2D eigenvalue weighted by atomic mass is 10.1. The number of piperidine rings is 1. The zero-order valence-electron chi connectivity index (χ0n) is 12.5. The zero-order valence-corrected chi connectivity index (χ0v) is 12.5. The molecule has 3 aromatic rings. The van der Waals surface area contributed by atoms with Crippen molar-refractivity contribution in [2.75, 3.05) is 13.1 Å². The number of carbonyl (C=O) groups is 1. The average Bonchev–Trinajstić information content (AvgIpc) is 3.15. The molecule has 7 heteroatoms. The van der Waals surface area contributed by atoms with Gasteiger partial charge in [0.1, 0.15) is 5.69 Å². The first-order chi connectivity index (χ1) is 11.3. The standard InChI is InChI=1S/C16H16N6O/c23-16(15-11-17-13-3-1-2-4-14(13)20-15)21-9-5-12(6-10-21)22-18-7-8-19-22/h1-4,7-8,11-12H,5-6,9-10H2. The van der Waals surface area contributed by atoms with Crippen LogP contribution in [0.15, 0.2) is 42.9 Å². The van der Waals surface area contributed by atoms with Gasteiger partial charge in [0.05, 0.1) is 35.7 Å². The molecule has 1 aliphatic heterocycles. The van der Waals surface area contributed by atoms with E-state index in [4.69, 9.17) is 0 Å². The largest absolute Gasteiger partial charge is 0.337 e. The first-order valence-electron chi connectivity index (χ1n) is 7.68. The predicted octanol–water partition coefficient (Wildman–Crippen LogP) is 1.70. The molecular formula is C16H16N6O. The van der Waals surface area contributed by atoms with Gasteiger partial charge in [-0.3, -0.25) is 9.78 Å². The summed E-state index contributed by atoms with van der Waals surface area (Å²) in [6, 6.07) is 7.82. The summed E-state index contributed by atoms with van der Waals surface area (Å²) in [5.74, 6) is -0.0601. The number of fused-ring (bicyclic) bond motifs is 1. The van der Waals surface area contributed by atoms with Gasteiger partial charge in [0.25, 0.3) is 5.91 Å². The van der Waals surface area contributed by atoms with Crippen LogP contribution in [-0.2, 0) is 0 Å². The Labute approximate surface area is 133 Å². The van der Waals surface area contributed by atoms with E-state index in [1.807, 2.05) is 29.2 Å². The van der Waals surface area contributed by atoms with Crippen LogP contribution in [0, 0.1) is 0 Å². The van der Waals surface area contributed by atoms with Gasteiger partial charge in [0.15, 0.2) is 0 Å². The number of nitrogens with zero attached hydrogens (tertiary/aromatic N) is 6. The van der Waals surface area contributed by atoms with Crippen molar-refractivity contribution in [1.82, 2.24) is 29.9 Å². The molecule has 0 saturated carbocycles. The van der Waals surface area contributed by atoms with Crippen molar-refractivity contribution in [1.29, 1.82) is 0 Å². The van der Waals surface area contributed by atoms with Crippen LogP contribution in [0.1, 0.15) is 29.4 Å². The van der Waals surface area contributed by atoms with Gasteiger partial charge in [0, 0.05) is 13.1 Å². The Morgan fingerprint density at radius 1 is 1.04 bits per heavy atom. The van der Waals surface area contributed by atoms with Crippen LogP contribution in [0.25, 0.3) is 11.0 Å². The molecule has 3 heterocycles. The van der Waals surface area contributed by atoms with Crippen molar-refractivity contribution >= 4 is 16.9 Å². The van der Waals surface area contributed by atoms with E-state index in [1.54, 1.807) is 23.4 Å². The SMILES string of the molecule is O=C(c1cnc2ccccc2n1)N1CCC(n2nccn2)CC1. The third-order valence-electron chi connectivity index (χ3n) is 4.18. The highest BCUT2D eigenvalue weighted by molar-refractivity contribution is 5.93. The van der Waals surface area contributed by atoms with Crippen LogP contribution in [-0.4, -0.2) is 48.9 Å². The molecule has 0 aliphatic carbocycles. The smallest absolute Gasteiger partial charge is 0.274 e. The van der Waals surface area contributed by atoms with Crippen molar-refractivity contribution in [3.8, 4) is 0 Å². The molecule has 7 nitrogen and oxygen atoms in total. The Morgan fingerprint density at radius 2 is 1.74 bits per heavy atom. The molecule has 1 fully saturated rings. The lowest BCUT2D eigenvalue weighted by molar-refractivity contribution is 0.0678. The number of rotatable bonds is 2. The second-order valence-electron chi connectivity index (χ2n) is 5.62. The molecule has 2 aromatic heterocycles. The number of likely N-dealkylation sites (tertiary alicyclic amines) is 1.